The van der Waals surface area contributed by atoms with Gasteiger partial charge in [-0.05, 0) is 87.6 Å². The Kier molecular flexibility index (Phi) is 4.75. The van der Waals surface area contributed by atoms with Gasteiger partial charge in [0.25, 0.3) is 0 Å². The zero-order valence-corrected chi connectivity index (χ0v) is 13.9. The monoisotopic (exact) mass is 277 g/mol. The van der Waals surface area contributed by atoms with Gasteiger partial charge in [0.1, 0.15) is 0 Å². The summed E-state index contributed by atoms with van der Waals surface area (Å²) in [6.45, 7) is 9.04. The molecular weight excluding hydrogens is 242 g/mol. The maximum atomic E-state index is 2.77. The van der Waals surface area contributed by atoms with E-state index in [0.29, 0.717) is 0 Å². The fraction of sp³-hybridized carbons (Fsp3) is 1.00. The lowest BCUT2D eigenvalue weighted by Crippen LogP contribution is -2.39. The number of nitrogens with zero attached hydrogens (tertiary/aromatic N) is 1. The van der Waals surface area contributed by atoms with Gasteiger partial charge in [-0.25, -0.2) is 0 Å². The molecule has 0 radical (unpaired) electrons. The largest absolute Gasteiger partial charge is 0.303 e. The smallest absolute Gasteiger partial charge is 0.000967 e. The fourth-order valence-electron chi connectivity index (χ4n) is 4.96. The number of hydrogen-bond acceptors (Lipinski definition) is 1. The van der Waals surface area contributed by atoms with Crippen LogP contribution in [0.3, 0.4) is 0 Å². The average Bonchev–Trinajstić information content (AvgIpc) is 2.47. The summed E-state index contributed by atoms with van der Waals surface area (Å²) >= 11 is 0. The number of likely N-dealkylation sites (tertiary alicyclic amines) is 1. The van der Waals surface area contributed by atoms with E-state index in [1.54, 1.807) is 25.7 Å². The molecule has 1 heterocycles. The predicted molar refractivity (Wildman–Crippen MR) is 86.9 cm³/mol. The summed E-state index contributed by atoms with van der Waals surface area (Å²) in [4.78, 5) is 2.77. The first-order chi connectivity index (χ1) is 9.65. The van der Waals surface area contributed by atoms with Crippen LogP contribution >= 0.6 is 0 Å². The van der Waals surface area contributed by atoms with Crippen molar-refractivity contribution in [2.24, 2.45) is 23.2 Å². The SMILES string of the molecule is CC1CCN(CC2CCC3(CCC(C)CC3)CC2)CC1. The summed E-state index contributed by atoms with van der Waals surface area (Å²) in [6, 6.07) is 0. The van der Waals surface area contributed by atoms with Crippen LogP contribution in [0.2, 0.25) is 0 Å². The maximum Gasteiger partial charge on any atom is 0.000967 e. The van der Waals surface area contributed by atoms with Crippen molar-refractivity contribution in [1.29, 1.82) is 0 Å². The average molecular weight is 277 g/mol. The van der Waals surface area contributed by atoms with E-state index in [-0.39, 0.29) is 0 Å². The molecule has 0 amide bonds. The van der Waals surface area contributed by atoms with Crippen molar-refractivity contribution in [2.75, 3.05) is 19.6 Å². The van der Waals surface area contributed by atoms with Gasteiger partial charge in [0.2, 0.25) is 0 Å². The van der Waals surface area contributed by atoms with E-state index in [1.165, 1.54) is 58.2 Å². The van der Waals surface area contributed by atoms with Crippen molar-refractivity contribution < 1.29 is 0 Å². The van der Waals surface area contributed by atoms with Crippen molar-refractivity contribution in [3.63, 3.8) is 0 Å². The Morgan fingerprint density at radius 3 is 1.85 bits per heavy atom. The molecular formula is C19H35N. The fourth-order valence-corrected chi connectivity index (χ4v) is 4.96. The van der Waals surface area contributed by atoms with Crippen molar-refractivity contribution in [1.82, 2.24) is 4.90 Å². The minimum atomic E-state index is 0.791. The maximum absolute atomic E-state index is 2.77. The highest BCUT2D eigenvalue weighted by atomic mass is 15.1. The summed E-state index contributed by atoms with van der Waals surface area (Å²) < 4.78 is 0. The minimum absolute atomic E-state index is 0.791. The molecule has 1 nitrogen and oxygen atoms in total. The van der Waals surface area contributed by atoms with Crippen LogP contribution in [0.1, 0.15) is 78.1 Å². The number of piperidine rings is 1. The third kappa shape index (κ3) is 3.59. The van der Waals surface area contributed by atoms with Crippen LogP contribution in [0, 0.1) is 23.2 Å². The summed E-state index contributed by atoms with van der Waals surface area (Å²) in [7, 11) is 0. The van der Waals surface area contributed by atoms with Crippen LogP contribution in [-0.4, -0.2) is 24.5 Å². The first-order valence-electron chi connectivity index (χ1n) is 9.38. The lowest BCUT2D eigenvalue weighted by molar-refractivity contribution is 0.0617. The second-order valence-corrected chi connectivity index (χ2v) is 8.61. The highest BCUT2D eigenvalue weighted by molar-refractivity contribution is 4.90. The van der Waals surface area contributed by atoms with Gasteiger partial charge >= 0.3 is 0 Å². The van der Waals surface area contributed by atoms with Crippen LogP contribution in [0.4, 0.5) is 0 Å². The second kappa shape index (κ2) is 6.38. The van der Waals surface area contributed by atoms with E-state index in [1.807, 2.05) is 0 Å². The standard InChI is InChI=1S/C19H35N/c1-16-3-9-19(10-4-16)11-5-18(6-12-19)15-20-13-7-17(2)8-14-20/h16-18H,3-15H2,1-2H3. The van der Waals surface area contributed by atoms with Crippen LogP contribution < -0.4 is 0 Å². The van der Waals surface area contributed by atoms with Gasteiger partial charge in [0, 0.05) is 6.54 Å². The molecule has 0 unspecified atom stereocenters. The molecule has 20 heavy (non-hydrogen) atoms. The second-order valence-electron chi connectivity index (χ2n) is 8.61. The molecule has 3 rings (SSSR count). The number of hydrogen-bond donors (Lipinski definition) is 0. The number of rotatable bonds is 2. The molecule has 0 atom stereocenters. The van der Waals surface area contributed by atoms with E-state index in [9.17, 15) is 0 Å². The quantitative estimate of drug-likeness (QED) is 0.678. The van der Waals surface area contributed by atoms with Gasteiger partial charge in [0.15, 0.2) is 0 Å². The van der Waals surface area contributed by atoms with Gasteiger partial charge in [-0.15, -0.1) is 0 Å². The Labute approximate surface area is 126 Å². The predicted octanol–water partition coefficient (Wildman–Crippen LogP) is 5.11. The topological polar surface area (TPSA) is 3.24 Å². The van der Waals surface area contributed by atoms with E-state index >= 15 is 0 Å². The normalized spacial score (nSPS) is 41.1. The van der Waals surface area contributed by atoms with Crippen molar-refractivity contribution in [3.05, 3.63) is 0 Å². The Morgan fingerprint density at radius 2 is 1.25 bits per heavy atom. The van der Waals surface area contributed by atoms with Crippen molar-refractivity contribution in [2.45, 2.75) is 78.1 Å². The molecule has 0 aromatic rings. The van der Waals surface area contributed by atoms with E-state index in [2.05, 4.69) is 18.7 Å². The lowest BCUT2D eigenvalue weighted by Gasteiger charge is -2.45. The van der Waals surface area contributed by atoms with Crippen LogP contribution in [-0.2, 0) is 0 Å². The Hall–Kier alpha value is -0.0400. The lowest BCUT2D eigenvalue weighted by atomic mass is 9.61. The zero-order valence-electron chi connectivity index (χ0n) is 13.9. The molecule has 2 aliphatic carbocycles. The molecule has 2 saturated carbocycles. The molecule has 1 aliphatic heterocycles. The highest BCUT2D eigenvalue weighted by Gasteiger charge is 2.37. The van der Waals surface area contributed by atoms with Crippen molar-refractivity contribution in [3.8, 4) is 0 Å². The van der Waals surface area contributed by atoms with Crippen LogP contribution in [0.5, 0.6) is 0 Å². The molecule has 1 saturated heterocycles. The summed E-state index contributed by atoms with van der Waals surface area (Å²) in [6.07, 6.45) is 15.1. The van der Waals surface area contributed by atoms with Gasteiger partial charge in [-0.1, -0.05) is 26.7 Å². The van der Waals surface area contributed by atoms with Gasteiger partial charge in [-0.2, -0.15) is 0 Å². The zero-order chi connectivity index (χ0) is 14.0. The molecule has 0 aromatic carbocycles. The molecule has 1 heteroatoms. The Morgan fingerprint density at radius 1 is 0.750 bits per heavy atom. The highest BCUT2D eigenvalue weighted by Crippen LogP contribution is 2.50. The van der Waals surface area contributed by atoms with Gasteiger partial charge in [0.05, 0.1) is 0 Å². The third-order valence-electron chi connectivity index (χ3n) is 6.89. The van der Waals surface area contributed by atoms with E-state index in [4.69, 9.17) is 0 Å². The first kappa shape index (κ1) is 14.9. The minimum Gasteiger partial charge on any atom is -0.303 e. The Balaban J connectivity index is 1.42. The van der Waals surface area contributed by atoms with E-state index in [0.717, 1.165) is 23.2 Å². The molecule has 0 bridgehead atoms. The molecule has 0 N–H and O–H groups in total. The van der Waals surface area contributed by atoms with Gasteiger partial charge < -0.3 is 4.90 Å². The molecule has 3 aliphatic rings. The molecule has 0 aromatic heterocycles. The van der Waals surface area contributed by atoms with Crippen molar-refractivity contribution >= 4 is 0 Å². The van der Waals surface area contributed by atoms with Crippen LogP contribution in [0.25, 0.3) is 0 Å². The summed E-state index contributed by atoms with van der Waals surface area (Å²) in [5.41, 5.74) is 0.791. The molecule has 1 spiro atoms. The summed E-state index contributed by atoms with van der Waals surface area (Å²) in [5.74, 6) is 3.01. The van der Waals surface area contributed by atoms with E-state index < -0.39 is 0 Å². The van der Waals surface area contributed by atoms with Crippen LogP contribution in [0.15, 0.2) is 0 Å². The molecule has 3 fully saturated rings. The summed E-state index contributed by atoms with van der Waals surface area (Å²) in [5, 5.41) is 0. The van der Waals surface area contributed by atoms with Gasteiger partial charge in [-0.3, -0.25) is 0 Å². The molecule has 116 valence electrons. The third-order valence-corrected chi connectivity index (χ3v) is 6.89. The Bertz CT molecular complexity index is 285. The first-order valence-corrected chi connectivity index (χ1v) is 9.38.